The average molecular weight is 1130 g/mol. The number of unbranched alkanes of at least 4 members (excludes halogenated alkanes) is 39. The van der Waals surface area contributed by atoms with Crippen LogP contribution in [-0.4, -0.2) is 37.2 Å². The molecule has 0 aromatic carbocycles. The lowest BCUT2D eigenvalue weighted by molar-refractivity contribution is -0.167. The fourth-order valence-corrected chi connectivity index (χ4v) is 10.2. The van der Waals surface area contributed by atoms with Crippen LogP contribution in [0.15, 0.2) is 85.1 Å². The predicted molar refractivity (Wildman–Crippen MR) is 353 cm³/mol. The van der Waals surface area contributed by atoms with E-state index in [1.807, 2.05) is 0 Å². The number of ether oxygens (including phenoxy) is 3. The highest BCUT2D eigenvalue weighted by Gasteiger charge is 2.19. The lowest BCUT2D eigenvalue weighted by Crippen LogP contribution is -2.30. The van der Waals surface area contributed by atoms with Crippen molar-refractivity contribution in [2.24, 2.45) is 0 Å². The molecule has 6 heteroatoms. The van der Waals surface area contributed by atoms with Crippen LogP contribution < -0.4 is 0 Å². The molecule has 0 saturated heterocycles. The minimum absolute atomic E-state index is 0.0752. The molecule has 81 heavy (non-hydrogen) atoms. The van der Waals surface area contributed by atoms with Gasteiger partial charge in [-0.2, -0.15) is 0 Å². The Hall–Kier alpha value is -3.41. The lowest BCUT2D eigenvalue weighted by Gasteiger charge is -2.18. The first kappa shape index (κ1) is 77.6. The van der Waals surface area contributed by atoms with Gasteiger partial charge in [-0.25, -0.2) is 0 Å². The molecule has 0 amide bonds. The van der Waals surface area contributed by atoms with Crippen LogP contribution in [0.3, 0.4) is 0 Å². The number of esters is 3. The molecule has 0 aromatic heterocycles. The summed E-state index contributed by atoms with van der Waals surface area (Å²) in [4.78, 5) is 38.5. The SMILES string of the molecule is CC/C=C\C/C=C\C/C=C\C/C=C\C/C=C\CCCCCCCCCCCC(=O)OCC(COC(=O)CCCCCCCCCCCCCCCCC)OC(=O)CCCCCCCCCCCCC/C=C\C/C=C\CCCCCCC. The topological polar surface area (TPSA) is 78.9 Å². The largest absolute Gasteiger partial charge is 0.462 e. The summed E-state index contributed by atoms with van der Waals surface area (Å²) in [5.74, 6) is -0.864. The molecule has 0 aliphatic carbocycles. The van der Waals surface area contributed by atoms with E-state index in [9.17, 15) is 14.4 Å². The molecule has 6 nitrogen and oxygen atoms in total. The van der Waals surface area contributed by atoms with Gasteiger partial charge in [0.05, 0.1) is 0 Å². The molecule has 0 bridgehead atoms. The van der Waals surface area contributed by atoms with Gasteiger partial charge in [-0.05, 0) is 96.3 Å². The Morgan fingerprint density at radius 2 is 0.481 bits per heavy atom. The van der Waals surface area contributed by atoms with Crippen LogP contribution in [0.25, 0.3) is 0 Å². The van der Waals surface area contributed by atoms with Gasteiger partial charge < -0.3 is 14.2 Å². The number of hydrogen-bond donors (Lipinski definition) is 0. The third-order valence-electron chi connectivity index (χ3n) is 15.4. The summed E-state index contributed by atoms with van der Waals surface area (Å²) in [6.07, 6.45) is 91.7. The van der Waals surface area contributed by atoms with E-state index in [1.54, 1.807) is 0 Å². The Balaban J connectivity index is 4.34. The molecule has 0 aliphatic rings. The van der Waals surface area contributed by atoms with Crippen molar-refractivity contribution in [3.05, 3.63) is 85.1 Å². The lowest BCUT2D eigenvalue weighted by atomic mass is 10.0. The van der Waals surface area contributed by atoms with Crippen molar-refractivity contribution in [3.8, 4) is 0 Å². The zero-order valence-electron chi connectivity index (χ0n) is 53.8. The van der Waals surface area contributed by atoms with Gasteiger partial charge in [0.2, 0.25) is 0 Å². The summed E-state index contributed by atoms with van der Waals surface area (Å²) in [6.45, 7) is 6.56. The average Bonchev–Trinajstić information content (AvgIpc) is 3.47. The van der Waals surface area contributed by atoms with Crippen LogP contribution >= 0.6 is 0 Å². The molecule has 0 spiro atoms. The molecule has 0 aliphatic heterocycles. The molecular formula is C75H132O6. The highest BCUT2D eigenvalue weighted by Crippen LogP contribution is 2.17. The molecule has 0 rings (SSSR count). The quantitative estimate of drug-likeness (QED) is 0.0261. The van der Waals surface area contributed by atoms with Crippen molar-refractivity contribution in [2.75, 3.05) is 13.2 Å². The second-order valence-electron chi connectivity index (χ2n) is 23.4. The molecule has 1 atom stereocenters. The van der Waals surface area contributed by atoms with Crippen molar-refractivity contribution in [2.45, 2.75) is 361 Å². The second kappa shape index (κ2) is 69.1. The third kappa shape index (κ3) is 67.3. The highest BCUT2D eigenvalue weighted by atomic mass is 16.6. The number of carbonyl (C=O) groups is 3. The first-order valence-corrected chi connectivity index (χ1v) is 35.1. The summed E-state index contributed by atoms with van der Waals surface area (Å²) in [6, 6.07) is 0. The number of hydrogen-bond acceptors (Lipinski definition) is 6. The first-order valence-electron chi connectivity index (χ1n) is 35.1. The summed E-state index contributed by atoms with van der Waals surface area (Å²) >= 11 is 0. The van der Waals surface area contributed by atoms with Crippen molar-refractivity contribution < 1.29 is 28.6 Å². The maximum Gasteiger partial charge on any atom is 0.306 e. The molecule has 468 valence electrons. The molecular weight excluding hydrogens is 997 g/mol. The van der Waals surface area contributed by atoms with E-state index in [0.29, 0.717) is 19.3 Å². The van der Waals surface area contributed by atoms with E-state index < -0.39 is 6.10 Å². The number of rotatable bonds is 64. The summed E-state index contributed by atoms with van der Waals surface area (Å²) < 4.78 is 17.0. The standard InChI is InChI=1S/C75H132O6/c1-4-7-10-13-16-19-22-25-28-30-32-34-36-37-39-40-42-44-47-50-53-56-59-62-65-68-74(77)80-71-72(70-79-73(76)67-64-61-58-55-52-49-46-27-24-21-18-15-12-9-6-3)81-75(78)69-66-63-60-57-54-51-48-45-43-41-38-35-33-31-29-26-23-20-17-14-11-8-5-2/h7,10,16,19,23,25-26,28,31-34,37,39,72H,4-6,8-9,11-15,17-18,20-22,24,27,29-30,35-36,38,40-71H2,1-3H3/b10-7-,19-16-,26-23-,28-25-,33-31-,34-32-,39-37-. The normalized spacial score (nSPS) is 12.6. The van der Waals surface area contributed by atoms with Crippen molar-refractivity contribution in [1.82, 2.24) is 0 Å². The van der Waals surface area contributed by atoms with Crippen molar-refractivity contribution in [1.29, 1.82) is 0 Å². The van der Waals surface area contributed by atoms with E-state index in [2.05, 4.69) is 106 Å². The van der Waals surface area contributed by atoms with Crippen LogP contribution in [0, 0.1) is 0 Å². The minimum Gasteiger partial charge on any atom is -0.462 e. The van der Waals surface area contributed by atoms with Gasteiger partial charge in [0.25, 0.3) is 0 Å². The molecule has 0 fully saturated rings. The molecule has 1 unspecified atom stereocenters. The Morgan fingerprint density at radius 3 is 0.753 bits per heavy atom. The number of carbonyl (C=O) groups excluding carboxylic acids is 3. The zero-order chi connectivity index (χ0) is 58.5. The molecule has 0 radical (unpaired) electrons. The van der Waals surface area contributed by atoms with E-state index in [-0.39, 0.29) is 31.1 Å². The highest BCUT2D eigenvalue weighted by molar-refractivity contribution is 5.71. The van der Waals surface area contributed by atoms with Crippen LogP contribution in [0.1, 0.15) is 355 Å². The molecule has 0 N–H and O–H groups in total. The van der Waals surface area contributed by atoms with Gasteiger partial charge in [0.15, 0.2) is 6.10 Å². The summed E-state index contributed by atoms with van der Waals surface area (Å²) in [5.41, 5.74) is 0. The fraction of sp³-hybridized carbons (Fsp3) is 0.773. The zero-order valence-corrected chi connectivity index (χ0v) is 53.8. The summed E-state index contributed by atoms with van der Waals surface area (Å²) in [5, 5.41) is 0. The van der Waals surface area contributed by atoms with Gasteiger partial charge in [-0.1, -0.05) is 324 Å². The van der Waals surface area contributed by atoms with Gasteiger partial charge in [-0.15, -0.1) is 0 Å². The van der Waals surface area contributed by atoms with Gasteiger partial charge >= 0.3 is 17.9 Å². The predicted octanol–water partition coefficient (Wildman–Crippen LogP) is 24.2. The molecule has 0 aromatic rings. The van der Waals surface area contributed by atoms with E-state index in [0.717, 1.165) is 103 Å². The smallest absolute Gasteiger partial charge is 0.306 e. The second-order valence-corrected chi connectivity index (χ2v) is 23.4. The van der Waals surface area contributed by atoms with E-state index in [1.165, 1.54) is 212 Å². The van der Waals surface area contributed by atoms with Gasteiger partial charge in [0.1, 0.15) is 13.2 Å². The maximum atomic E-state index is 13.0. The fourth-order valence-electron chi connectivity index (χ4n) is 10.2. The minimum atomic E-state index is -0.781. The maximum absolute atomic E-state index is 13.0. The Bertz CT molecular complexity index is 1530. The van der Waals surface area contributed by atoms with Gasteiger partial charge in [-0.3, -0.25) is 14.4 Å². The van der Waals surface area contributed by atoms with Gasteiger partial charge in [0, 0.05) is 19.3 Å². The molecule has 0 saturated carbocycles. The van der Waals surface area contributed by atoms with E-state index in [4.69, 9.17) is 14.2 Å². The van der Waals surface area contributed by atoms with Crippen molar-refractivity contribution >= 4 is 17.9 Å². The third-order valence-corrected chi connectivity index (χ3v) is 15.4. The number of allylic oxidation sites excluding steroid dienone is 14. The van der Waals surface area contributed by atoms with Crippen LogP contribution in [0.5, 0.6) is 0 Å². The monoisotopic (exact) mass is 1130 g/mol. The Labute approximate surface area is 503 Å². The van der Waals surface area contributed by atoms with E-state index >= 15 is 0 Å². The molecule has 0 heterocycles. The van der Waals surface area contributed by atoms with Crippen LogP contribution in [0.4, 0.5) is 0 Å². The first-order chi connectivity index (χ1) is 40.0. The Morgan fingerprint density at radius 1 is 0.259 bits per heavy atom. The Kier molecular flexibility index (Phi) is 66.2. The van der Waals surface area contributed by atoms with Crippen LogP contribution in [-0.2, 0) is 28.6 Å². The van der Waals surface area contributed by atoms with Crippen molar-refractivity contribution in [3.63, 3.8) is 0 Å². The summed E-state index contributed by atoms with van der Waals surface area (Å²) in [7, 11) is 0. The van der Waals surface area contributed by atoms with Crippen LogP contribution in [0.2, 0.25) is 0 Å².